The van der Waals surface area contributed by atoms with Gasteiger partial charge in [-0.2, -0.15) is 10.2 Å². The Morgan fingerprint density at radius 3 is 2.67 bits per heavy atom. The van der Waals surface area contributed by atoms with Crippen LogP contribution in [-0.2, 0) is 0 Å². The Bertz CT molecular complexity index is 556. The van der Waals surface area contributed by atoms with Gasteiger partial charge in [-0.25, -0.2) is 4.98 Å². The predicted octanol–water partition coefficient (Wildman–Crippen LogP) is 2.03. The number of rotatable bonds is 4. The second-order valence-corrected chi connectivity index (χ2v) is 6.40. The fourth-order valence-electron chi connectivity index (χ4n) is 2.63. The molecule has 0 bridgehead atoms. The van der Waals surface area contributed by atoms with E-state index in [0.29, 0.717) is 23.4 Å². The van der Waals surface area contributed by atoms with E-state index in [1.54, 1.807) is 6.20 Å². The number of aromatic nitrogens is 2. The van der Waals surface area contributed by atoms with Crippen molar-refractivity contribution in [3.8, 4) is 6.07 Å². The standard InChI is InChI=1S/C15H21N5O/c1-15(6-7-15)20-13-10(8-16)9-17-14(19-13)18-11-2-4-12(21)5-3-11/h9,11-12,21H,2-7H2,1H3,(H2,17,18,19,20)/t11-,12+. The Kier molecular flexibility index (Phi) is 3.68. The SMILES string of the molecule is CC1(Nc2nc(N[C@H]3CC[C@@H](O)CC3)ncc2C#N)CC1. The molecule has 0 unspecified atom stereocenters. The van der Waals surface area contributed by atoms with Gasteiger partial charge >= 0.3 is 0 Å². The average Bonchev–Trinajstić information content (AvgIpc) is 3.19. The fourth-order valence-corrected chi connectivity index (χ4v) is 2.63. The first kappa shape index (κ1) is 14.1. The second kappa shape index (κ2) is 5.49. The lowest BCUT2D eigenvalue weighted by atomic mass is 9.93. The molecule has 6 nitrogen and oxygen atoms in total. The van der Waals surface area contributed by atoms with E-state index in [0.717, 1.165) is 38.5 Å². The molecule has 1 aromatic rings. The summed E-state index contributed by atoms with van der Waals surface area (Å²) >= 11 is 0. The van der Waals surface area contributed by atoms with Gasteiger partial charge in [-0.05, 0) is 45.4 Å². The van der Waals surface area contributed by atoms with E-state index in [9.17, 15) is 5.11 Å². The monoisotopic (exact) mass is 287 g/mol. The number of nitrogens with zero attached hydrogens (tertiary/aromatic N) is 3. The summed E-state index contributed by atoms with van der Waals surface area (Å²) in [7, 11) is 0. The van der Waals surface area contributed by atoms with Gasteiger partial charge in [0.25, 0.3) is 0 Å². The topological polar surface area (TPSA) is 93.9 Å². The van der Waals surface area contributed by atoms with Crippen molar-refractivity contribution < 1.29 is 5.11 Å². The van der Waals surface area contributed by atoms with E-state index < -0.39 is 0 Å². The van der Waals surface area contributed by atoms with Crippen molar-refractivity contribution in [3.63, 3.8) is 0 Å². The quantitative estimate of drug-likeness (QED) is 0.784. The first-order valence-corrected chi connectivity index (χ1v) is 7.58. The number of hydrogen-bond donors (Lipinski definition) is 3. The normalized spacial score (nSPS) is 26.7. The molecule has 2 aliphatic rings. The second-order valence-electron chi connectivity index (χ2n) is 6.40. The molecule has 2 fully saturated rings. The molecule has 2 saturated carbocycles. The zero-order valence-corrected chi connectivity index (χ0v) is 12.3. The molecule has 1 heterocycles. The highest BCUT2D eigenvalue weighted by atomic mass is 16.3. The van der Waals surface area contributed by atoms with E-state index in [1.165, 1.54) is 0 Å². The maximum atomic E-state index is 9.53. The summed E-state index contributed by atoms with van der Waals surface area (Å²) < 4.78 is 0. The van der Waals surface area contributed by atoms with E-state index in [-0.39, 0.29) is 11.6 Å². The van der Waals surface area contributed by atoms with Crippen molar-refractivity contribution in [1.29, 1.82) is 5.26 Å². The van der Waals surface area contributed by atoms with E-state index in [2.05, 4.69) is 33.6 Å². The zero-order valence-electron chi connectivity index (χ0n) is 12.3. The molecule has 0 aromatic carbocycles. The fraction of sp³-hybridized carbons (Fsp3) is 0.667. The molecule has 0 saturated heterocycles. The lowest BCUT2D eigenvalue weighted by Crippen LogP contribution is -2.29. The zero-order chi connectivity index (χ0) is 14.9. The Hall–Kier alpha value is -1.87. The number of nitrogens with one attached hydrogen (secondary N) is 2. The number of aliphatic hydroxyl groups excluding tert-OH is 1. The largest absolute Gasteiger partial charge is 0.393 e. The third kappa shape index (κ3) is 3.42. The summed E-state index contributed by atoms with van der Waals surface area (Å²) in [5, 5.41) is 25.4. The smallest absolute Gasteiger partial charge is 0.224 e. The predicted molar refractivity (Wildman–Crippen MR) is 79.9 cm³/mol. The summed E-state index contributed by atoms with van der Waals surface area (Å²) in [5.41, 5.74) is 0.555. The highest BCUT2D eigenvalue weighted by Crippen LogP contribution is 2.38. The summed E-state index contributed by atoms with van der Waals surface area (Å²) in [6, 6.07) is 2.43. The van der Waals surface area contributed by atoms with Gasteiger partial charge in [0.15, 0.2) is 0 Å². The Balaban J connectivity index is 1.71. The van der Waals surface area contributed by atoms with Crippen molar-refractivity contribution in [2.24, 2.45) is 0 Å². The number of hydrogen-bond acceptors (Lipinski definition) is 6. The molecule has 3 rings (SSSR count). The van der Waals surface area contributed by atoms with Crippen LogP contribution in [-0.4, -0.2) is 32.8 Å². The minimum Gasteiger partial charge on any atom is -0.393 e. The molecular weight excluding hydrogens is 266 g/mol. The third-order valence-corrected chi connectivity index (χ3v) is 4.36. The Labute approximate surface area is 124 Å². The van der Waals surface area contributed by atoms with Crippen LogP contribution in [0.3, 0.4) is 0 Å². The van der Waals surface area contributed by atoms with Gasteiger partial charge in [0, 0.05) is 11.6 Å². The van der Waals surface area contributed by atoms with Crippen LogP contribution in [0.4, 0.5) is 11.8 Å². The van der Waals surface area contributed by atoms with Gasteiger partial charge in [0.1, 0.15) is 17.5 Å². The van der Waals surface area contributed by atoms with Crippen LogP contribution in [0.25, 0.3) is 0 Å². The molecule has 2 aliphatic carbocycles. The van der Waals surface area contributed by atoms with Crippen molar-refractivity contribution in [2.75, 3.05) is 10.6 Å². The summed E-state index contributed by atoms with van der Waals surface area (Å²) in [6.07, 6.45) is 7.08. The molecule has 1 aromatic heterocycles. The molecule has 0 spiro atoms. The van der Waals surface area contributed by atoms with Crippen molar-refractivity contribution in [3.05, 3.63) is 11.8 Å². The minimum atomic E-state index is -0.169. The maximum Gasteiger partial charge on any atom is 0.224 e. The van der Waals surface area contributed by atoms with Gasteiger partial charge in [0.2, 0.25) is 5.95 Å². The highest BCUT2D eigenvalue weighted by Gasteiger charge is 2.38. The van der Waals surface area contributed by atoms with Crippen molar-refractivity contribution >= 4 is 11.8 Å². The summed E-state index contributed by atoms with van der Waals surface area (Å²) in [6.45, 7) is 2.13. The molecule has 0 atom stereocenters. The first-order chi connectivity index (χ1) is 10.1. The summed E-state index contributed by atoms with van der Waals surface area (Å²) in [5.74, 6) is 1.17. The third-order valence-electron chi connectivity index (χ3n) is 4.36. The first-order valence-electron chi connectivity index (χ1n) is 7.58. The number of anilines is 2. The van der Waals surface area contributed by atoms with E-state index >= 15 is 0 Å². The van der Waals surface area contributed by atoms with E-state index in [4.69, 9.17) is 5.26 Å². The van der Waals surface area contributed by atoms with Crippen molar-refractivity contribution in [1.82, 2.24) is 9.97 Å². The lowest BCUT2D eigenvalue weighted by molar-refractivity contribution is 0.126. The van der Waals surface area contributed by atoms with Gasteiger partial charge < -0.3 is 15.7 Å². The van der Waals surface area contributed by atoms with Crippen molar-refractivity contribution in [2.45, 2.75) is 63.1 Å². The van der Waals surface area contributed by atoms with Crippen LogP contribution in [0.2, 0.25) is 0 Å². The molecule has 0 amide bonds. The van der Waals surface area contributed by atoms with Gasteiger partial charge in [0.05, 0.1) is 12.3 Å². The molecule has 21 heavy (non-hydrogen) atoms. The number of nitriles is 1. The van der Waals surface area contributed by atoms with Crippen LogP contribution in [0, 0.1) is 11.3 Å². The van der Waals surface area contributed by atoms with Crippen LogP contribution in [0.1, 0.15) is 51.0 Å². The summed E-state index contributed by atoms with van der Waals surface area (Å²) in [4.78, 5) is 8.69. The molecule has 0 aliphatic heterocycles. The minimum absolute atomic E-state index is 0.0756. The Morgan fingerprint density at radius 1 is 1.33 bits per heavy atom. The molecule has 0 radical (unpaired) electrons. The Morgan fingerprint density at radius 2 is 2.05 bits per heavy atom. The van der Waals surface area contributed by atoms with E-state index in [1.807, 2.05) is 0 Å². The van der Waals surface area contributed by atoms with Gasteiger partial charge in [-0.15, -0.1) is 0 Å². The lowest BCUT2D eigenvalue weighted by Gasteiger charge is -2.26. The molecule has 6 heteroatoms. The average molecular weight is 287 g/mol. The highest BCUT2D eigenvalue weighted by molar-refractivity contribution is 5.55. The maximum absolute atomic E-state index is 9.53. The molecule has 112 valence electrons. The van der Waals surface area contributed by atoms with Gasteiger partial charge in [-0.1, -0.05) is 0 Å². The van der Waals surface area contributed by atoms with Crippen LogP contribution >= 0.6 is 0 Å². The van der Waals surface area contributed by atoms with Gasteiger partial charge in [-0.3, -0.25) is 0 Å². The van der Waals surface area contributed by atoms with Crippen LogP contribution < -0.4 is 10.6 Å². The molecular formula is C15H21N5O. The van der Waals surface area contributed by atoms with Crippen LogP contribution in [0.5, 0.6) is 0 Å². The van der Waals surface area contributed by atoms with Crippen LogP contribution in [0.15, 0.2) is 6.20 Å². The number of aliphatic hydroxyl groups is 1. The molecule has 3 N–H and O–H groups in total.